The summed E-state index contributed by atoms with van der Waals surface area (Å²) in [5, 5.41) is 2.92. The third kappa shape index (κ3) is 4.64. The lowest BCUT2D eigenvalue weighted by Gasteiger charge is -2.31. The molecule has 0 fully saturated rings. The van der Waals surface area contributed by atoms with Crippen LogP contribution in [0, 0.1) is 13.8 Å². The summed E-state index contributed by atoms with van der Waals surface area (Å²) in [7, 11) is -3.67. The van der Waals surface area contributed by atoms with E-state index in [4.69, 9.17) is 0 Å². The normalized spacial score (nSPS) is 13.5. The second-order valence-corrected chi connectivity index (χ2v) is 9.91. The Labute approximate surface area is 183 Å². The summed E-state index contributed by atoms with van der Waals surface area (Å²) in [6, 6.07) is 20.3. The van der Waals surface area contributed by atoms with Crippen LogP contribution in [0.15, 0.2) is 71.6 Å². The number of carbonyl (C=O) groups excluding carboxylic acids is 1. The first-order valence-corrected chi connectivity index (χ1v) is 11.8. The Morgan fingerprint density at radius 1 is 0.968 bits per heavy atom. The molecule has 0 atom stereocenters. The lowest BCUT2D eigenvalue weighted by molar-refractivity contribution is -0.115. The van der Waals surface area contributed by atoms with Gasteiger partial charge in [-0.15, -0.1) is 0 Å². The van der Waals surface area contributed by atoms with E-state index in [0.717, 1.165) is 35.1 Å². The van der Waals surface area contributed by atoms with E-state index in [0.29, 0.717) is 17.9 Å². The van der Waals surface area contributed by atoms with Gasteiger partial charge in [0.15, 0.2) is 0 Å². The van der Waals surface area contributed by atoms with Gasteiger partial charge in [0.05, 0.1) is 17.0 Å². The van der Waals surface area contributed by atoms with Crippen LogP contribution in [-0.2, 0) is 27.7 Å². The Hall–Kier alpha value is -3.12. The average Bonchev–Trinajstić information content (AvgIpc) is 2.73. The summed E-state index contributed by atoms with van der Waals surface area (Å²) < 4.78 is 28.1. The first-order chi connectivity index (χ1) is 14.8. The minimum Gasteiger partial charge on any atom is -0.326 e. The molecule has 31 heavy (non-hydrogen) atoms. The lowest BCUT2D eigenvalue weighted by Crippen LogP contribution is -2.35. The number of benzene rings is 3. The van der Waals surface area contributed by atoms with Crippen LogP contribution in [0.4, 0.5) is 11.4 Å². The van der Waals surface area contributed by atoms with Crippen LogP contribution in [0.1, 0.15) is 28.7 Å². The third-order valence-electron chi connectivity index (χ3n) is 5.50. The molecule has 6 heteroatoms. The summed E-state index contributed by atoms with van der Waals surface area (Å²) in [5.41, 5.74) is 5.27. The molecular formula is C25H26N2O3S. The highest BCUT2D eigenvalue weighted by molar-refractivity contribution is 7.92. The molecule has 1 aliphatic heterocycles. The molecule has 1 amide bonds. The molecule has 0 aromatic heterocycles. The van der Waals surface area contributed by atoms with Crippen LogP contribution in [0.3, 0.4) is 0 Å². The van der Waals surface area contributed by atoms with E-state index in [9.17, 15) is 13.2 Å². The maximum Gasteiger partial charge on any atom is 0.264 e. The van der Waals surface area contributed by atoms with Crippen LogP contribution >= 0.6 is 0 Å². The van der Waals surface area contributed by atoms with Crippen LogP contribution in [-0.4, -0.2) is 20.9 Å². The molecule has 0 bridgehead atoms. The van der Waals surface area contributed by atoms with Crippen molar-refractivity contribution in [2.24, 2.45) is 0 Å². The number of nitrogens with one attached hydrogen (secondary N) is 1. The second kappa shape index (κ2) is 8.55. The van der Waals surface area contributed by atoms with Crippen molar-refractivity contribution in [3.63, 3.8) is 0 Å². The molecule has 0 saturated carbocycles. The zero-order valence-electron chi connectivity index (χ0n) is 17.8. The van der Waals surface area contributed by atoms with Gasteiger partial charge in [0, 0.05) is 12.2 Å². The molecule has 1 heterocycles. The third-order valence-corrected chi connectivity index (χ3v) is 7.33. The van der Waals surface area contributed by atoms with Crippen molar-refractivity contribution in [1.29, 1.82) is 0 Å². The Morgan fingerprint density at radius 3 is 2.48 bits per heavy atom. The maximum atomic E-state index is 13.3. The molecular weight excluding hydrogens is 408 g/mol. The molecule has 1 aliphatic rings. The fourth-order valence-corrected chi connectivity index (χ4v) is 5.45. The number of aryl methyl sites for hydroxylation is 3. The van der Waals surface area contributed by atoms with Crippen LogP contribution in [0.2, 0.25) is 0 Å². The smallest absolute Gasteiger partial charge is 0.264 e. The SMILES string of the molecule is Cc1ccc(S(=O)(=O)N2CCCc3ccc(NC(=O)Cc4cccc(C)c4)cc32)cc1. The van der Waals surface area contributed by atoms with Gasteiger partial charge in [-0.05, 0) is 62.1 Å². The number of anilines is 2. The molecule has 0 spiro atoms. The van der Waals surface area contributed by atoms with Gasteiger partial charge in [-0.1, -0.05) is 53.6 Å². The fourth-order valence-electron chi connectivity index (χ4n) is 3.92. The summed E-state index contributed by atoms with van der Waals surface area (Å²) in [6.45, 7) is 4.34. The number of rotatable bonds is 5. The van der Waals surface area contributed by atoms with Crippen molar-refractivity contribution in [3.8, 4) is 0 Å². The quantitative estimate of drug-likeness (QED) is 0.637. The molecule has 0 aliphatic carbocycles. The van der Waals surface area contributed by atoms with Gasteiger partial charge in [-0.3, -0.25) is 9.10 Å². The van der Waals surface area contributed by atoms with E-state index >= 15 is 0 Å². The van der Waals surface area contributed by atoms with E-state index in [-0.39, 0.29) is 17.2 Å². The highest BCUT2D eigenvalue weighted by atomic mass is 32.2. The van der Waals surface area contributed by atoms with Crippen molar-refractivity contribution in [3.05, 3.63) is 89.0 Å². The molecule has 0 saturated heterocycles. The standard InChI is InChI=1S/C25H26N2O3S/c1-18-8-12-23(13-9-18)31(29,30)27-14-4-7-21-10-11-22(17-24(21)27)26-25(28)16-20-6-3-5-19(2)15-20/h3,5-6,8-13,15,17H,4,7,14,16H2,1-2H3,(H,26,28). The lowest BCUT2D eigenvalue weighted by atomic mass is 10.0. The Bertz CT molecular complexity index is 1220. The largest absolute Gasteiger partial charge is 0.326 e. The number of fused-ring (bicyclic) bond motifs is 1. The van der Waals surface area contributed by atoms with Gasteiger partial charge < -0.3 is 5.32 Å². The zero-order valence-corrected chi connectivity index (χ0v) is 18.6. The number of sulfonamides is 1. The molecule has 0 unspecified atom stereocenters. The summed E-state index contributed by atoms with van der Waals surface area (Å²) in [4.78, 5) is 12.8. The summed E-state index contributed by atoms with van der Waals surface area (Å²) in [6.07, 6.45) is 1.84. The highest BCUT2D eigenvalue weighted by Gasteiger charge is 2.29. The van der Waals surface area contributed by atoms with E-state index in [1.54, 1.807) is 30.3 Å². The molecule has 3 aromatic carbocycles. The van der Waals surface area contributed by atoms with Crippen molar-refractivity contribution in [2.75, 3.05) is 16.2 Å². The number of hydrogen-bond donors (Lipinski definition) is 1. The van der Waals surface area contributed by atoms with Gasteiger partial charge >= 0.3 is 0 Å². The molecule has 4 rings (SSSR count). The zero-order chi connectivity index (χ0) is 22.0. The van der Waals surface area contributed by atoms with E-state index in [1.807, 2.05) is 50.2 Å². The van der Waals surface area contributed by atoms with Crippen LogP contribution in [0.5, 0.6) is 0 Å². The molecule has 160 valence electrons. The van der Waals surface area contributed by atoms with Gasteiger partial charge in [0.1, 0.15) is 0 Å². The van der Waals surface area contributed by atoms with Gasteiger partial charge in [0.25, 0.3) is 10.0 Å². The molecule has 3 aromatic rings. The van der Waals surface area contributed by atoms with Crippen molar-refractivity contribution in [1.82, 2.24) is 0 Å². The molecule has 5 nitrogen and oxygen atoms in total. The van der Waals surface area contributed by atoms with Gasteiger partial charge in [-0.25, -0.2) is 8.42 Å². The summed E-state index contributed by atoms with van der Waals surface area (Å²) >= 11 is 0. The number of nitrogens with zero attached hydrogens (tertiary/aromatic N) is 1. The highest BCUT2D eigenvalue weighted by Crippen LogP contribution is 2.34. The van der Waals surface area contributed by atoms with Crippen molar-refractivity contribution < 1.29 is 13.2 Å². The maximum absolute atomic E-state index is 13.3. The first-order valence-electron chi connectivity index (χ1n) is 10.4. The first kappa shape index (κ1) is 21.1. The van der Waals surface area contributed by atoms with Crippen LogP contribution < -0.4 is 9.62 Å². The minimum absolute atomic E-state index is 0.130. The summed E-state index contributed by atoms with van der Waals surface area (Å²) in [5.74, 6) is -0.130. The van der Waals surface area contributed by atoms with E-state index in [1.165, 1.54) is 4.31 Å². The number of amides is 1. The molecule has 0 radical (unpaired) electrons. The topological polar surface area (TPSA) is 66.5 Å². The monoisotopic (exact) mass is 434 g/mol. The van der Waals surface area contributed by atoms with Crippen LogP contribution in [0.25, 0.3) is 0 Å². The Morgan fingerprint density at radius 2 is 1.74 bits per heavy atom. The number of hydrogen-bond acceptors (Lipinski definition) is 3. The Balaban J connectivity index is 1.59. The van der Waals surface area contributed by atoms with Gasteiger partial charge in [-0.2, -0.15) is 0 Å². The van der Waals surface area contributed by atoms with Gasteiger partial charge in [0.2, 0.25) is 5.91 Å². The average molecular weight is 435 g/mol. The second-order valence-electron chi connectivity index (χ2n) is 8.05. The van der Waals surface area contributed by atoms with E-state index in [2.05, 4.69) is 5.32 Å². The minimum atomic E-state index is -3.67. The van der Waals surface area contributed by atoms with Crippen molar-refractivity contribution in [2.45, 2.75) is 38.0 Å². The van der Waals surface area contributed by atoms with Crippen molar-refractivity contribution >= 4 is 27.3 Å². The molecule has 1 N–H and O–H groups in total. The number of carbonyl (C=O) groups is 1. The predicted octanol–water partition coefficient (Wildman–Crippen LogP) is 4.63. The Kier molecular flexibility index (Phi) is 5.83. The predicted molar refractivity (Wildman–Crippen MR) is 124 cm³/mol. The van der Waals surface area contributed by atoms with E-state index < -0.39 is 10.0 Å². The fraction of sp³-hybridized carbons (Fsp3) is 0.240.